The third-order valence-electron chi connectivity index (χ3n) is 1.29. The standard InChI is InChI=1S/C7H4Cl2O3S/c1-12-13(10,11)7-3-2-5(8)4-6(7)9/h1-4H. The molecule has 0 aliphatic heterocycles. The van der Waals surface area contributed by atoms with Gasteiger partial charge in [-0.3, -0.25) is 4.18 Å². The molecular formula is C7H4Cl2O3S. The fourth-order valence-corrected chi connectivity index (χ4v) is 2.06. The minimum Gasteiger partial charge on any atom is -0.257 e. The van der Waals surface area contributed by atoms with Crippen molar-refractivity contribution >= 4 is 33.3 Å². The lowest BCUT2D eigenvalue weighted by Crippen LogP contribution is -2.01. The summed E-state index contributed by atoms with van der Waals surface area (Å²) < 4.78 is 25.9. The molecule has 3 nitrogen and oxygen atoms in total. The van der Waals surface area contributed by atoms with Crippen molar-refractivity contribution in [2.24, 2.45) is 0 Å². The van der Waals surface area contributed by atoms with Crippen molar-refractivity contribution < 1.29 is 12.6 Å². The molecule has 13 heavy (non-hydrogen) atoms. The summed E-state index contributed by atoms with van der Waals surface area (Å²) in [4.78, 5) is -0.207. The Morgan fingerprint density at radius 1 is 1.31 bits per heavy atom. The van der Waals surface area contributed by atoms with Crippen LogP contribution >= 0.6 is 23.2 Å². The lowest BCUT2D eigenvalue weighted by atomic mass is 10.4. The second kappa shape index (κ2) is 3.84. The minimum absolute atomic E-state index is 0.0297. The molecule has 0 saturated heterocycles. The second-order valence-corrected chi connectivity index (χ2v) is 4.51. The van der Waals surface area contributed by atoms with Gasteiger partial charge in [-0.15, -0.1) is 0 Å². The fourth-order valence-electron chi connectivity index (χ4n) is 0.730. The fraction of sp³-hybridized carbons (Fsp3) is 0. The molecule has 0 amide bonds. The molecule has 0 fully saturated rings. The van der Waals surface area contributed by atoms with Crippen LogP contribution in [0.5, 0.6) is 0 Å². The predicted octanol–water partition coefficient (Wildman–Crippen LogP) is 2.37. The first kappa shape index (κ1) is 10.8. The lowest BCUT2D eigenvalue weighted by Gasteiger charge is -2.02. The lowest BCUT2D eigenvalue weighted by molar-refractivity contribution is 0.438. The van der Waals surface area contributed by atoms with E-state index in [1.165, 1.54) is 18.2 Å². The maximum Gasteiger partial charge on any atom is 0.298 e. The molecule has 0 spiro atoms. The van der Waals surface area contributed by atoms with Crippen LogP contribution in [-0.4, -0.2) is 8.42 Å². The first-order valence-electron chi connectivity index (χ1n) is 3.06. The number of rotatable bonds is 2. The zero-order chi connectivity index (χ0) is 10.1. The van der Waals surface area contributed by atoms with Crippen LogP contribution in [0.25, 0.3) is 0 Å². The molecule has 1 aromatic carbocycles. The van der Waals surface area contributed by atoms with Gasteiger partial charge >= 0.3 is 0 Å². The molecule has 0 aromatic heterocycles. The SMILES string of the molecule is [CH]OS(=O)(=O)c1ccc(Cl)cc1Cl. The van der Waals surface area contributed by atoms with E-state index < -0.39 is 10.1 Å². The van der Waals surface area contributed by atoms with Gasteiger partial charge in [0.2, 0.25) is 0 Å². The molecule has 1 aromatic rings. The molecule has 0 N–H and O–H groups in total. The van der Waals surface area contributed by atoms with Gasteiger partial charge in [-0.05, 0) is 18.2 Å². The Kier molecular flexibility index (Phi) is 3.18. The van der Waals surface area contributed by atoms with Gasteiger partial charge in [0.1, 0.15) is 12.0 Å². The van der Waals surface area contributed by atoms with Crippen molar-refractivity contribution in [1.29, 1.82) is 0 Å². The highest BCUT2D eigenvalue weighted by atomic mass is 35.5. The first-order chi connectivity index (χ1) is 5.97. The van der Waals surface area contributed by atoms with E-state index in [2.05, 4.69) is 11.3 Å². The van der Waals surface area contributed by atoms with Gasteiger partial charge < -0.3 is 0 Å². The summed E-state index contributed by atoms with van der Waals surface area (Å²) in [5, 5.41) is 0.305. The van der Waals surface area contributed by atoms with E-state index in [9.17, 15) is 8.42 Å². The van der Waals surface area contributed by atoms with Gasteiger partial charge in [0.15, 0.2) is 0 Å². The highest BCUT2D eigenvalue weighted by molar-refractivity contribution is 7.87. The van der Waals surface area contributed by atoms with Gasteiger partial charge in [0, 0.05) is 5.02 Å². The molecule has 0 aliphatic carbocycles. The molecule has 6 heteroatoms. The Morgan fingerprint density at radius 2 is 1.92 bits per heavy atom. The molecule has 0 aliphatic rings. The summed E-state index contributed by atoms with van der Waals surface area (Å²) in [5.41, 5.74) is 0. The smallest absolute Gasteiger partial charge is 0.257 e. The van der Waals surface area contributed by atoms with E-state index in [4.69, 9.17) is 23.2 Å². The minimum atomic E-state index is -3.96. The molecule has 0 bridgehead atoms. The zero-order valence-corrected chi connectivity index (χ0v) is 8.53. The maximum atomic E-state index is 11.1. The van der Waals surface area contributed by atoms with Crippen LogP contribution in [0.15, 0.2) is 23.1 Å². The highest BCUT2D eigenvalue weighted by Crippen LogP contribution is 2.25. The van der Waals surface area contributed by atoms with Gasteiger partial charge in [0.25, 0.3) is 10.1 Å². The van der Waals surface area contributed by atoms with Crippen LogP contribution in [0.3, 0.4) is 0 Å². The van der Waals surface area contributed by atoms with E-state index in [1.54, 1.807) is 0 Å². The third kappa shape index (κ3) is 2.34. The Morgan fingerprint density at radius 3 is 2.38 bits per heavy atom. The van der Waals surface area contributed by atoms with Gasteiger partial charge in [-0.25, -0.2) is 0 Å². The Bertz CT molecular complexity index is 414. The van der Waals surface area contributed by atoms with E-state index in [1.807, 2.05) is 0 Å². The number of benzene rings is 1. The largest absolute Gasteiger partial charge is 0.298 e. The van der Waals surface area contributed by atoms with Crippen molar-refractivity contribution in [3.63, 3.8) is 0 Å². The van der Waals surface area contributed by atoms with Crippen molar-refractivity contribution in [2.75, 3.05) is 0 Å². The number of hydrogen-bond donors (Lipinski definition) is 0. The van der Waals surface area contributed by atoms with E-state index in [-0.39, 0.29) is 9.92 Å². The van der Waals surface area contributed by atoms with Crippen LogP contribution < -0.4 is 0 Å². The van der Waals surface area contributed by atoms with Crippen LogP contribution in [0, 0.1) is 7.11 Å². The van der Waals surface area contributed by atoms with Crippen molar-refractivity contribution in [3.05, 3.63) is 35.4 Å². The Labute approximate surface area is 86.4 Å². The summed E-state index contributed by atoms with van der Waals surface area (Å²) >= 11 is 11.2. The predicted molar refractivity (Wildman–Crippen MR) is 49.0 cm³/mol. The summed E-state index contributed by atoms with van der Waals surface area (Å²) in [6.07, 6.45) is 0. The monoisotopic (exact) mass is 238 g/mol. The van der Waals surface area contributed by atoms with Crippen LogP contribution in [0.2, 0.25) is 10.0 Å². The summed E-state index contributed by atoms with van der Waals surface area (Å²) in [5.74, 6) is 0. The Hall–Kier alpha value is -0.290. The zero-order valence-electron chi connectivity index (χ0n) is 6.20. The molecule has 0 heterocycles. The van der Waals surface area contributed by atoms with E-state index in [0.29, 0.717) is 5.02 Å². The third-order valence-corrected chi connectivity index (χ3v) is 3.10. The maximum absolute atomic E-state index is 11.1. The normalized spacial score (nSPS) is 11.6. The van der Waals surface area contributed by atoms with Crippen molar-refractivity contribution in [1.82, 2.24) is 0 Å². The molecule has 0 atom stereocenters. The van der Waals surface area contributed by atoms with Gasteiger partial charge in [-0.2, -0.15) is 8.42 Å². The van der Waals surface area contributed by atoms with Crippen LogP contribution in [0.1, 0.15) is 0 Å². The van der Waals surface area contributed by atoms with Crippen LogP contribution in [-0.2, 0) is 14.3 Å². The number of halogens is 2. The molecule has 0 unspecified atom stereocenters. The first-order valence-corrected chi connectivity index (χ1v) is 5.22. The average molecular weight is 239 g/mol. The topological polar surface area (TPSA) is 43.4 Å². The van der Waals surface area contributed by atoms with Crippen LogP contribution in [0.4, 0.5) is 0 Å². The Balaban J connectivity index is 3.33. The van der Waals surface area contributed by atoms with Gasteiger partial charge in [0.05, 0.1) is 5.02 Å². The highest BCUT2D eigenvalue weighted by Gasteiger charge is 2.17. The van der Waals surface area contributed by atoms with E-state index in [0.717, 1.165) is 0 Å². The van der Waals surface area contributed by atoms with Gasteiger partial charge in [-0.1, -0.05) is 23.2 Å². The quantitative estimate of drug-likeness (QED) is 0.744. The molecule has 0 saturated carbocycles. The molecule has 70 valence electrons. The molecular weight excluding hydrogens is 235 g/mol. The number of hydrogen-bond acceptors (Lipinski definition) is 3. The summed E-state index contributed by atoms with van der Waals surface area (Å²) in [7, 11) is 0.607. The molecule has 2 radical (unpaired) electrons. The summed E-state index contributed by atoms with van der Waals surface area (Å²) in [6.45, 7) is 0. The molecule has 1 rings (SSSR count). The average Bonchev–Trinajstić information content (AvgIpc) is 2.03. The van der Waals surface area contributed by atoms with Crippen molar-refractivity contribution in [2.45, 2.75) is 4.90 Å². The summed E-state index contributed by atoms with van der Waals surface area (Å²) in [6, 6.07) is 3.88. The second-order valence-electron chi connectivity index (χ2n) is 2.13. The van der Waals surface area contributed by atoms with Crippen molar-refractivity contribution in [3.8, 4) is 0 Å². The van der Waals surface area contributed by atoms with E-state index >= 15 is 0 Å².